The average Bonchev–Trinajstić information content (AvgIpc) is 2.54. The summed E-state index contributed by atoms with van der Waals surface area (Å²) >= 11 is 11.8. The maximum atomic E-state index is 12.1. The minimum Gasteiger partial charge on any atom is -0.345 e. The van der Waals surface area contributed by atoms with Crippen molar-refractivity contribution in [1.82, 2.24) is 5.32 Å². The van der Waals surface area contributed by atoms with Crippen molar-refractivity contribution in [2.24, 2.45) is 0 Å². The molecule has 2 aromatic rings. The normalized spacial score (nSPS) is 13.4. The number of halogens is 2. The minimum atomic E-state index is -0.0426. The van der Waals surface area contributed by atoms with Crippen molar-refractivity contribution in [3.63, 3.8) is 0 Å². The molecule has 0 saturated heterocycles. The van der Waals surface area contributed by atoms with Gasteiger partial charge in [-0.3, -0.25) is 4.79 Å². The molecule has 0 heterocycles. The lowest BCUT2D eigenvalue weighted by atomic mass is 10.1. The highest BCUT2D eigenvalue weighted by molar-refractivity contribution is 6.30. The molecule has 122 valence electrons. The second-order valence-electron chi connectivity index (χ2n) is 5.62. The Hall–Kier alpha value is -1.55. The fourth-order valence-electron chi connectivity index (χ4n) is 2.32. The highest BCUT2D eigenvalue weighted by atomic mass is 35.5. The Balaban J connectivity index is 1.82. The third-order valence-corrected chi connectivity index (χ3v) is 4.30. The van der Waals surface area contributed by atoms with E-state index in [0.29, 0.717) is 11.6 Å². The number of carbonyl (C=O) groups excluding carboxylic acids is 1. The van der Waals surface area contributed by atoms with Crippen LogP contribution in [0.1, 0.15) is 37.1 Å². The second-order valence-corrected chi connectivity index (χ2v) is 6.49. The van der Waals surface area contributed by atoms with E-state index in [0.717, 1.165) is 16.1 Å². The molecule has 0 aromatic heterocycles. The van der Waals surface area contributed by atoms with E-state index in [1.807, 2.05) is 60.8 Å². The number of hydrogen-bond acceptors (Lipinski definition) is 1. The lowest BCUT2D eigenvalue weighted by Gasteiger charge is -2.15. The molecule has 0 saturated carbocycles. The van der Waals surface area contributed by atoms with Crippen molar-refractivity contribution in [2.45, 2.75) is 25.9 Å². The summed E-state index contributed by atoms with van der Waals surface area (Å²) < 4.78 is 0. The molecule has 1 amide bonds. The van der Waals surface area contributed by atoms with Crippen molar-refractivity contribution in [3.8, 4) is 0 Å². The van der Waals surface area contributed by atoms with Gasteiger partial charge in [0.05, 0.1) is 6.04 Å². The van der Waals surface area contributed by atoms with E-state index in [1.165, 1.54) is 0 Å². The van der Waals surface area contributed by atoms with E-state index in [1.54, 1.807) is 0 Å². The second kappa shape index (κ2) is 8.34. The summed E-state index contributed by atoms with van der Waals surface area (Å²) in [6.45, 7) is 4.41. The number of nitrogens with one attached hydrogen (secondary N) is 1. The van der Waals surface area contributed by atoms with Gasteiger partial charge in [0, 0.05) is 15.6 Å². The van der Waals surface area contributed by atoms with Crippen LogP contribution in [0.3, 0.4) is 0 Å². The first kappa shape index (κ1) is 17.8. The number of nitrogens with two attached hydrogens (primary N) is 1. The van der Waals surface area contributed by atoms with Crippen molar-refractivity contribution < 1.29 is 10.1 Å². The standard InChI is InChI=1S/C18H20Cl2N2O/c1-12(14-3-7-16(19)8-4-14)21-11-18(23)22-13(2)15-5-9-17(20)10-6-15/h3-10,12-13,21H,11H2,1-2H3,(H,22,23)/p+1/t12-,13-/m0/s1. The molecule has 0 bridgehead atoms. The van der Waals surface area contributed by atoms with E-state index < -0.39 is 0 Å². The van der Waals surface area contributed by atoms with Crippen LogP contribution in [0, 0.1) is 0 Å². The molecular formula is C18H21Cl2N2O+. The third kappa shape index (κ3) is 5.54. The number of rotatable bonds is 6. The lowest BCUT2D eigenvalue weighted by molar-refractivity contribution is -0.682. The molecule has 2 aromatic carbocycles. The monoisotopic (exact) mass is 351 g/mol. The first-order valence-corrected chi connectivity index (χ1v) is 8.35. The number of carbonyl (C=O) groups is 1. The molecule has 3 nitrogen and oxygen atoms in total. The Labute approximate surface area is 147 Å². The van der Waals surface area contributed by atoms with Gasteiger partial charge < -0.3 is 10.6 Å². The maximum absolute atomic E-state index is 12.1. The summed E-state index contributed by atoms with van der Waals surface area (Å²) in [6.07, 6.45) is 0. The summed E-state index contributed by atoms with van der Waals surface area (Å²) in [4.78, 5) is 12.1. The first-order valence-electron chi connectivity index (χ1n) is 7.59. The Morgan fingerprint density at radius 3 is 1.96 bits per heavy atom. The van der Waals surface area contributed by atoms with Gasteiger partial charge in [-0.2, -0.15) is 0 Å². The average molecular weight is 352 g/mol. The molecule has 0 aliphatic heterocycles. The molecule has 0 radical (unpaired) electrons. The Morgan fingerprint density at radius 1 is 0.957 bits per heavy atom. The number of quaternary nitrogens is 1. The van der Waals surface area contributed by atoms with Crippen LogP contribution in [-0.4, -0.2) is 12.5 Å². The molecule has 0 spiro atoms. The number of amides is 1. The molecule has 3 N–H and O–H groups in total. The van der Waals surface area contributed by atoms with Gasteiger partial charge >= 0.3 is 0 Å². The van der Waals surface area contributed by atoms with Crippen LogP contribution in [0.4, 0.5) is 0 Å². The fourth-order valence-corrected chi connectivity index (χ4v) is 2.57. The minimum absolute atomic E-state index is 0.00765. The summed E-state index contributed by atoms with van der Waals surface area (Å²) in [5.41, 5.74) is 2.18. The van der Waals surface area contributed by atoms with Crippen LogP contribution in [-0.2, 0) is 4.79 Å². The molecule has 0 unspecified atom stereocenters. The zero-order valence-corrected chi connectivity index (χ0v) is 14.7. The van der Waals surface area contributed by atoms with E-state index in [4.69, 9.17) is 23.2 Å². The molecule has 0 aliphatic rings. The van der Waals surface area contributed by atoms with Crippen LogP contribution in [0.25, 0.3) is 0 Å². The van der Waals surface area contributed by atoms with Gasteiger partial charge in [-0.1, -0.05) is 47.5 Å². The smallest absolute Gasteiger partial charge is 0.275 e. The van der Waals surface area contributed by atoms with Crippen molar-refractivity contribution in [1.29, 1.82) is 0 Å². The van der Waals surface area contributed by atoms with Crippen LogP contribution < -0.4 is 10.6 Å². The van der Waals surface area contributed by atoms with E-state index in [2.05, 4.69) is 12.2 Å². The Kier molecular flexibility index (Phi) is 6.46. The summed E-state index contributed by atoms with van der Waals surface area (Å²) in [5, 5.41) is 6.41. The molecular weight excluding hydrogens is 331 g/mol. The van der Waals surface area contributed by atoms with Gasteiger partial charge in [-0.25, -0.2) is 0 Å². The molecule has 0 aliphatic carbocycles. The quantitative estimate of drug-likeness (QED) is 0.821. The largest absolute Gasteiger partial charge is 0.345 e. The topological polar surface area (TPSA) is 45.7 Å². The summed E-state index contributed by atoms with van der Waals surface area (Å²) in [7, 11) is 0. The van der Waals surface area contributed by atoms with Gasteiger partial charge in [-0.05, 0) is 43.7 Å². The highest BCUT2D eigenvalue weighted by Gasteiger charge is 2.14. The van der Waals surface area contributed by atoms with Gasteiger partial charge in [0.15, 0.2) is 6.54 Å². The number of hydrogen-bond donors (Lipinski definition) is 2. The first-order chi connectivity index (χ1) is 11.0. The van der Waals surface area contributed by atoms with Crippen LogP contribution in [0.15, 0.2) is 48.5 Å². The zero-order chi connectivity index (χ0) is 16.8. The van der Waals surface area contributed by atoms with Crippen molar-refractivity contribution in [3.05, 3.63) is 69.7 Å². The van der Waals surface area contributed by atoms with E-state index in [9.17, 15) is 4.79 Å². The fraction of sp³-hybridized carbons (Fsp3) is 0.278. The molecule has 2 rings (SSSR count). The Morgan fingerprint density at radius 2 is 1.43 bits per heavy atom. The van der Waals surface area contributed by atoms with Crippen LogP contribution >= 0.6 is 23.2 Å². The number of benzene rings is 2. The van der Waals surface area contributed by atoms with Gasteiger partial charge in [0.1, 0.15) is 6.04 Å². The van der Waals surface area contributed by atoms with Crippen LogP contribution in [0.5, 0.6) is 0 Å². The predicted molar refractivity (Wildman–Crippen MR) is 94.7 cm³/mol. The van der Waals surface area contributed by atoms with Crippen molar-refractivity contribution in [2.75, 3.05) is 6.54 Å². The highest BCUT2D eigenvalue weighted by Crippen LogP contribution is 2.16. The molecule has 2 atom stereocenters. The molecule has 0 fully saturated rings. The lowest BCUT2D eigenvalue weighted by Crippen LogP contribution is -2.87. The van der Waals surface area contributed by atoms with E-state index in [-0.39, 0.29) is 18.0 Å². The Bertz CT molecular complexity index is 641. The maximum Gasteiger partial charge on any atom is 0.275 e. The van der Waals surface area contributed by atoms with Crippen LogP contribution in [0.2, 0.25) is 10.0 Å². The van der Waals surface area contributed by atoms with E-state index >= 15 is 0 Å². The van der Waals surface area contributed by atoms with Gasteiger partial charge in [0.25, 0.3) is 5.91 Å². The molecule has 5 heteroatoms. The molecule has 23 heavy (non-hydrogen) atoms. The zero-order valence-electron chi connectivity index (χ0n) is 13.2. The van der Waals surface area contributed by atoms with Gasteiger partial charge in [-0.15, -0.1) is 0 Å². The van der Waals surface area contributed by atoms with Gasteiger partial charge in [0.2, 0.25) is 0 Å². The van der Waals surface area contributed by atoms with Crippen molar-refractivity contribution >= 4 is 29.1 Å². The summed E-state index contributed by atoms with van der Waals surface area (Å²) in [5.74, 6) is 0.00765. The third-order valence-electron chi connectivity index (χ3n) is 3.80. The summed E-state index contributed by atoms with van der Waals surface area (Å²) in [6, 6.07) is 15.4. The predicted octanol–water partition coefficient (Wildman–Crippen LogP) is 3.50. The SMILES string of the molecule is C[C@H](NC(=O)C[NH2+][C@@H](C)c1ccc(Cl)cc1)c1ccc(Cl)cc1.